The second-order valence-electron chi connectivity index (χ2n) is 8.35. The maximum absolute atomic E-state index is 13.1. The number of anilines is 2. The van der Waals surface area contributed by atoms with Crippen LogP contribution in [0.3, 0.4) is 0 Å². The van der Waals surface area contributed by atoms with Crippen molar-refractivity contribution in [2.45, 2.75) is 18.2 Å². The number of nitrogens with zero attached hydrogens (tertiary/aromatic N) is 3. The molecule has 1 aromatic heterocycles. The molecule has 12 nitrogen and oxygen atoms in total. The highest BCUT2D eigenvalue weighted by Crippen LogP contribution is 2.46. The van der Waals surface area contributed by atoms with E-state index in [4.69, 9.17) is 10.6 Å². The van der Waals surface area contributed by atoms with Crippen LogP contribution in [0.15, 0.2) is 46.1 Å². The molecule has 2 aromatic rings. The molecule has 0 saturated carbocycles. The number of benzene rings is 1. The Balaban J connectivity index is 1.53. The Kier molecular flexibility index (Phi) is 7.57. The zero-order valence-electron chi connectivity index (χ0n) is 19.7. The first-order chi connectivity index (χ1) is 17.5. The monoisotopic (exact) mass is 565 g/mol. The summed E-state index contributed by atoms with van der Waals surface area (Å²) in [6, 6.07) is 6.61. The van der Waals surface area contributed by atoms with Gasteiger partial charge in [-0.3, -0.25) is 19.2 Å². The maximum atomic E-state index is 13.1. The van der Waals surface area contributed by atoms with E-state index in [1.807, 2.05) is 0 Å². The van der Waals surface area contributed by atoms with Gasteiger partial charge in [0, 0.05) is 23.2 Å². The van der Waals surface area contributed by atoms with Crippen LogP contribution in [-0.4, -0.2) is 71.3 Å². The van der Waals surface area contributed by atoms with Gasteiger partial charge < -0.3 is 15.7 Å². The number of aromatic nitrogens is 1. The summed E-state index contributed by atoms with van der Waals surface area (Å²) in [6.45, 7) is 0. The maximum Gasteiger partial charge on any atom is 0.352 e. The first-order valence-corrected chi connectivity index (χ1v) is 14.6. The molecule has 4 N–H and O–H groups in total. The molecule has 4 rings (SSSR count). The number of nitrogens with one attached hydrogen (secondary N) is 1. The van der Waals surface area contributed by atoms with E-state index in [1.165, 1.54) is 23.8 Å². The Labute approximate surface area is 220 Å². The van der Waals surface area contributed by atoms with Crippen LogP contribution in [0, 0.1) is 5.92 Å². The largest absolute Gasteiger partial charge is 0.477 e. The second-order valence-corrected chi connectivity index (χ2v) is 12.1. The number of amides is 1. The number of carboxylic acid groups (broad SMARTS) is 1. The molecule has 37 heavy (non-hydrogen) atoms. The van der Waals surface area contributed by atoms with Gasteiger partial charge in [-0.15, -0.1) is 23.1 Å². The fourth-order valence-electron chi connectivity index (χ4n) is 4.18. The third kappa shape index (κ3) is 5.78. The molecule has 1 aromatic carbocycles. The summed E-state index contributed by atoms with van der Waals surface area (Å²) in [5, 5.41) is 15.0. The Morgan fingerprint density at radius 3 is 2.76 bits per heavy atom. The number of nitrogen functional groups attached to an aromatic ring is 1. The lowest BCUT2D eigenvalue weighted by atomic mass is 9.88. The van der Waals surface area contributed by atoms with Crippen LogP contribution in [0.25, 0.3) is 0 Å². The molecule has 1 amide bonds. The number of thiazole rings is 1. The molecule has 2 aliphatic heterocycles. The number of Topliss-reactive ketones (excluding diaryl/α,β-unsaturated/α-hetero) is 1. The Morgan fingerprint density at radius 1 is 1.38 bits per heavy atom. The van der Waals surface area contributed by atoms with Gasteiger partial charge in [-0.25, -0.2) is 18.2 Å². The van der Waals surface area contributed by atoms with Crippen molar-refractivity contribution >= 4 is 67.3 Å². The Bertz CT molecular complexity index is 1430. The van der Waals surface area contributed by atoms with Gasteiger partial charge in [0.2, 0.25) is 15.9 Å². The zero-order chi connectivity index (χ0) is 26.9. The van der Waals surface area contributed by atoms with Gasteiger partial charge >= 0.3 is 5.97 Å². The van der Waals surface area contributed by atoms with E-state index in [2.05, 4.69) is 14.9 Å². The standard InChI is InChI=1S/C22H23N5O7S3/c1-34-25-17(15-10-36-22(23)24-15)16(28)8-14-19(29)27-18(21(30)31)12(9-35-20(14)27)6-11-4-3-5-13(7-11)26-37(2,32)33/h3-5,7,10,14,20,26H,6,8-9H2,1-2H3,(H2,23,24)(H,30,31)/b25-17-/t14-,20-/m1/s1. The molecule has 15 heteroatoms. The van der Waals surface area contributed by atoms with Crippen LogP contribution in [0.4, 0.5) is 10.8 Å². The number of hydrogen-bond acceptors (Lipinski definition) is 11. The predicted molar refractivity (Wildman–Crippen MR) is 140 cm³/mol. The van der Waals surface area contributed by atoms with Gasteiger partial charge in [-0.2, -0.15) is 0 Å². The highest BCUT2D eigenvalue weighted by atomic mass is 32.2. The minimum absolute atomic E-state index is 0.0558. The normalized spacial score (nSPS) is 19.8. The number of aliphatic carboxylic acids is 1. The average molecular weight is 566 g/mol. The van der Waals surface area contributed by atoms with Crippen molar-refractivity contribution < 1.29 is 32.7 Å². The van der Waals surface area contributed by atoms with Crippen molar-refractivity contribution in [1.82, 2.24) is 9.88 Å². The Morgan fingerprint density at radius 2 is 2.14 bits per heavy atom. The molecule has 0 bridgehead atoms. The number of nitrogens with two attached hydrogens (primary N) is 1. The van der Waals surface area contributed by atoms with Crippen molar-refractivity contribution in [2.75, 3.05) is 29.6 Å². The number of β-lactam (4-membered cyclic amide) rings is 1. The van der Waals surface area contributed by atoms with E-state index in [-0.39, 0.29) is 35.1 Å². The van der Waals surface area contributed by atoms with E-state index in [0.29, 0.717) is 22.6 Å². The van der Waals surface area contributed by atoms with Crippen molar-refractivity contribution in [3.05, 3.63) is 52.2 Å². The van der Waals surface area contributed by atoms with Crippen LogP contribution < -0.4 is 10.5 Å². The summed E-state index contributed by atoms with van der Waals surface area (Å²) < 4.78 is 25.5. The van der Waals surface area contributed by atoms with Gasteiger partial charge in [0.1, 0.15) is 18.5 Å². The number of fused-ring (bicyclic) bond motifs is 1. The van der Waals surface area contributed by atoms with E-state index in [9.17, 15) is 27.9 Å². The van der Waals surface area contributed by atoms with Crippen LogP contribution in [-0.2, 0) is 35.7 Å². The van der Waals surface area contributed by atoms with E-state index >= 15 is 0 Å². The third-order valence-electron chi connectivity index (χ3n) is 5.62. The first-order valence-electron chi connectivity index (χ1n) is 10.8. The van der Waals surface area contributed by atoms with E-state index < -0.39 is 39.0 Å². The van der Waals surface area contributed by atoms with Crippen LogP contribution in [0.1, 0.15) is 17.7 Å². The highest BCUT2D eigenvalue weighted by Gasteiger charge is 2.54. The number of carbonyl (C=O) groups excluding carboxylic acids is 2. The van der Waals surface area contributed by atoms with Gasteiger partial charge in [-0.05, 0) is 29.7 Å². The van der Waals surface area contributed by atoms with Crippen molar-refractivity contribution in [3.8, 4) is 0 Å². The number of sulfonamides is 1. The molecule has 196 valence electrons. The smallest absolute Gasteiger partial charge is 0.352 e. The predicted octanol–water partition coefficient (Wildman–Crippen LogP) is 1.52. The SMILES string of the molecule is CO/N=C(\C(=O)C[C@@H]1C(=O)N2C(C(=O)O)=C(Cc3cccc(NS(C)(=O)=O)c3)CS[C@H]12)c1csc(N)n1. The minimum Gasteiger partial charge on any atom is -0.477 e. The fourth-order valence-corrected chi connectivity index (χ4v) is 6.70. The topological polar surface area (TPSA) is 181 Å². The van der Waals surface area contributed by atoms with Crippen molar-refractivity contribution in [2.24, 2.45) is 11.1 Å². The number of hydrogen-bond donors (Lipinski definition) is 3. The highest BCUT2D eigenvalue weighted by molar-refractivity contribution is 8.00. The van der Waals surface area contributed by atoms with Gasteiger partial charge in [-0.1, -0.05) is 17.3 Å². The van der Waals surface area contributed by atoms with Crippen molar-refractivity contribution in [3.63, 3.8) is 0 Å². The number of carbonyl (C=O) groups is 3. The van der Waals surface area contributed by atoms with Crippen molar-refractivity contribution in [1.29, 1.82) is 0 Å². The first kappa shape index (κ1) is 26.6. The summed E-state index contributed by atoms with van der Waals surface area (Å²) in [6.07, 6.45) is 1.06. The fraction of sp³-hybridized carbons (Fsp3) is 0.318. The second kappa shape index (κ2) is 10.5. The molecule has 2 atom stereocenters. The molecule has 1 fully saturated rings. The van der Waals surface area contributed by atoms with Crippen LogP contribution >= 0.6 is 23.1 Å². The summed E-state index contributed by atoms with van der Waals surface area (Å²) in [7, 11) is -2.19. The average Bonchev–Trinajstić information content (AvgIpc) is 3.25. The zero-order valence-corrected chi connectivity index (χ0v) is 22.2. The number of oxime groups is 1. The van der Waals surface area contributed by atoms with E-state index in [1.54, 1.807) is 29.6 Å². The molecule has 0 aliphatic carbocycles. The van der Waals surface area contributed by atoms with Crippen LogP contribution in [0.2, 0.25) is 0 Å². The van der Waals surface area contributed by atoms with E-state index in [0.717, 1.165) is 17.6 Å². The van der Waals surface area contributed by atoms with Gasteiger partial charge in [0.05, 0.1) is 17.5 Å². The molecule has 0 unspecified atom stereocenters. The van der Waals surface area contributed by atoms with Gasteiger partial charge in [0.25, 0.3) is 0 Å². The summed E-state index contributed by atoms with van der Waals surface area (Å²) in [5.74, 6) is -2.58. The molecule has 0 spiro atoms. The minimum atomic E-state index is -3.47. The Hall–Kier alpha value is -3.43. The quantitative estimate of drug-likeness (QED) is 0.217. The lowest BCUT2D eigenvalue weighted by Gasteiger charge is -2.49. The summed E-state index contributed by atoms with van der Waals surface area (Å²) >= 11 is 2.50. The molecule has 1 saturated heterocycles. The molecule has 3 heterocycles. The van der Waals surface area contributed by atoms with Gasteiger partial charge in [0.15, 0.2) is 16.6 Å². The summed E-state index contributed by atoms with van der Waals surface area (Å²) in [5.41, 5.74) is 7.28. The number of rotatable bonds is 10. The molecule has 0 radical (unpaired) electrons. The lowest BCUT2D eigenvalue weighted by molar-refractivity contribution is -0.153. The number of carboxylic acids is 1. The van der Waals surface area contributed by atoms with Crippen LogP contribution in [0.5, 0.6) is 0 Å². The lowest BCUT2D eigenvalue weighted by Crippen LogP contribution is -2.62. The molecular weight excluding hydrogens is 542 g/mol. The number of thioether (sulfide) groups is 1. The summed E-state index contributed by atoms with van der Waals surface area (Å²) in [4.78, 5) is 48.3. The number of ketones is 1. The third-order valence-corrected chi connectivity index (χ3v) is 8.30. The molecule has 2 aliphatic rings. The molecular formula is C22H23N5O7S3.